The molecule has 0 aliphatic rings. The Hall–Kier alpha value is -1.98. The van der Waals surface area contributed by atoms with Crippen molar-refractivity contribution in [2.45, 2.75) is 19.8 Å². The Morgan fingerprint density at radius 1 is 1.39 bits per heavy atom. The molecule has 0 bridgehead atoms. The molecule has 2 aromatic rings. The van der Waals surface area contributed by atoms with Crippen molar-refractivity contribution in [1.29, 1.82) is 0 Å². The molecule has 0 amide bonds. The summed E-state index contributed by atoms with van der Waals surface area (Å²) in [5, 5.41) is 7.06. The highest BCUT2D eigenvalue weighted by Gasteiger charge is 2.08. The highest BCUT2D eigenvalue weighted by molar-refractivity contribution is 5.37. The lowest BCUT2D eigenvalue weighted by Crippen LogP contribution is -2.09. The summed E-state index contributed by atoms with van der Waals surface area (Å²) in [4.78, 5) is 7.79. The summed E-state index contributed by atoms with van der Waals surface area (Å²) < 4.78 is 15.5. The number of anilines is 1. The lowest BCUT2D eigenvalue weighted by molar-refractivity contribution is 0.596. The number of nitrogens with zero attached hydrogens (tertiary/aromatic N) is 4. The SMILES string of the molecule is CCc1ncnc(NCCc2cnn(C)c2)c1F. The molecule has 0 aromatic carbocycles. The van der Waals surface area contributed by atoms with Crippen molar-refractivity contribution in [1.82, 2.24) is 19.7 Å². The molecule has 0 radical (unpaired) electrons. The van der Waals surface area contributed by atoms with Gasteiger partial charge in [-0.15, -0.1) is 0 Å². The summed E-state index contributed by atoms with van der Waals surface area (Å²) in [5.74, 6) is -0.0862. The zero-order chi connectivity index (χ0) is 13.0. The average molecular weight is 249 g/mol. The van der Waals surface area contributed by atoms with Crippen molar-refractivity contribution >= 4 is 5.82 Å². The molecule has 2 rings (SSSR count). The van der Waals surface area contributed by atoms with Gasteiger partial charge in [0.2, 0.25) is 0 Å². The van der Waals surface area contributed by atoms with Crippen LogP contribution in [0.1, 0.15) is 18.2 Å². The zero-order valence-electron chi connectivity index (χ0n) is 10.5. The number of hydrogen-bond donors (Lipinski definition) is 1. The Morgan fingerprint density at radius 3 is 2.89 bits per heavy atom. The van der Waals surface area contributed by atoms with E-state index in [0.717, 1.165) is 12.0 Å². The molecule has 1 N–H and O–H groups in total. The molecule has 6 heteroatoms. The van der Waals surface area contributed by atoms with Crippen LogP contribution in [-0.4, -0.2) is 26.3 Å². The summed E-state index contributed by atoms with van der Waals surface area (Å²) in [6.07, 6.45) is 6.46. The summed E-state index contributed by atoms with van der Waals surface area (Å²) in [5.41, 5.74) is 1.55. The maximum absolute atomic E-state index is 13.8. The number of rotatable bonds is 5. The maximum atomic E-state index is 13.8. The van der Waals surface area contributed by atoms with E-state index in [1.165, 1.54) is 6.33 Å². The van der Waals surface area contributed by atoms with Gasteiger partial charge in [0.15, 0.2) is 11.6 Å². The van der Waals surface area contributed by atoms with E-state index in [1.54, 1.807) is 10.9 Å². The Bertz CT molecular complexity index is 523. The number of nitrogens with one attached hydrogen (secondary N) is 1. The van der Waals surface area contributed by atoms with Crippen LogP contribution in [0.15, 0.2) is 18.7 Å². The van der Waals surface area contributed by atoms with Crippen molar-refractivity contribution < 1.29 is 4.39 Å². The molecule has 0 saturated carbocycles. The monoisotopic (exact) mass is 249 g/mol. The van der Waals surface area contributed by atoms with Crippen molar-refractivity contribution in [3.05, 3.63) is 35.8 Å². The summed E-state index contributed by atoms with van der Waals surface area (Å²) >= 11 is 0. The molecule has 2 aromatic heterocycles. The van der Waals surface area contributed by atoms with E-state index in [-0.39, 0.29) is 11.6 Å². The molecule has 0 unspecified atom stereocenters. The second-order valence-electron chi connectivity index (χ2n) is 4.04. The standard InChI is InChI=1S/C12H16FN5/c1-3-10-11(13)12(16-8-15-10)14-5-4-9-6-17-18(2)7-9/h6-8H,3-5H2,1-2H3,(H,14,15,16). The number of aryl methyl sites for hydroxylation is 2. The van der Waals surface area contributed by atoms with Gasteiger partial charge in [-0.25, -0.2) is 14.4 Å². The van der Waals surface area contributed by atoms with Crippen LogP contribution >= 0.6 is 0 Å². The van der Waals surface area contributed by atoms with Crippen molar-refractivity contribution in [2.75, 3.05) is 11.9 Å². The maximum Gasteiger partial charge on any atom is 0.186 e. The topological polar surface area (TPSA) is 55.6 Å². The third kappa shape index (κ3) is 2.82. The van der Waals surface area contributed by atoms with Crippen LogP contribution in [0, 0.1) is 5.82 Å². The molecule has 0 atom stereocenters. The number of halogens is 1. The highest BCUT2D eigenvalue weighted by atomic mass is 19.1. The smallest absolute Gasteiger partial charge is 0.186 e. The van der Waals surface area contributed by atoms with E-state index in [1.807, 2.05) is 20.2 Å². The molecular formula is C12H16FN5. The molecule has 5 nitrogen and oxygen atoms in total. The first-order valence-corrected chi connectivity index (χ1v) is 5.91. The third-order valence-corrected chi connectivity index (χ3v) is 2.66. The summed E-state index contributed by atoms with van der Waals surface area (Å²) in [7, 11) is 1.87. The van der Waals surface area contributed by atoms with Gasteiger partial charge in [-0.05, 0) is 18.4 Å². The lowest BCUT2D eigenvalue weighted by Gasteiger charge is -2.07. The first kappa shape index (κ1) is 12.5. The van der Waals surface area contributed by atoms with Crippen LogP contribution in [0.3, 0.4) is 0 Å². The van der Waals surface area contributed by atoms with Gasteiger partial charge in [0.25, 0.3) is 0 Å². The Labute approximate surface area is 105 Å². The molecule has 18 heavy (non-hydrogen) atoms. The summed E-state index contributed by atoms with van der Waals surface area (Å²) in [6, 6.07) is 0. The Kier molecular flexibility index (Phi) is 3.86. The molecule has 0 aliphatic heterocycles. The van der Waals surface area contributed by atoms with Crippen LogP contribution in [-0.2, 0) is 19.9 Å². The van der Waals surface area contributed by atoms with Crippen LogP contribution < -0.4 is 5.32 Å². The van der Waals surface area contributed by atoms with Gasteiger partial charge in [-0.2, -0.15) is 5.10 Å². The number of hydrogen-bond acceptors (Lipinski definition) is 4. The van der Waals surface area contributed by atoms with Gasteiger partial charge in [0, 0.05) is 19.8 Å². The normalized spacial score (nSPS) is 10.6. The lowest BCUT2D eigenvalue weighted by atomic mass is 10.2. The second-order valence-corrected chi connectivity index (χ2v) is 4.04. The predicted octanol–water partition coefficient (Wildman–Crippen LogP) is 1.57. The third-order valence-electron chi connectivity index (χ3n) is 2.66. The molecule has 0 spiro atoms. The molecule has 0 fully saturated rings. The molecule has 2 heterocycles. The quantitative estimate of drug-likeness (QED) is 0.873. The van der Waals surface area contributed by atoms with Gasteiger partial charge >= 0.3 is 0 Å². The van der Waals surface area contributed by atoms with E-state index >= 15 is 0 Å². The van der Waals surface area contributed by atoms with Crippen LogP contribution in [0.25, 0.3) is 0 Å². The zero-order valence-corrected chi connectivity index (χ0v) is 10.5. The highest BCUT2D eigenvalue weighted by Crippen LogP contribution is 2.13. The van der Waals surface area contributed by atoms with E-state index in [0.29, 0.717) is 18.7 Å². The van der Waals surface area contributed by atoms with Gasteiger partial charge in [0.1, 0.15) is 6.33 Å². The fourth-order valence-corrected chi connectivity index (χ4v) is 1.70. The Balaban J connectivity index is 1.94. The molecule has 0 saturated heterocycles. The van der Waals surface area contributed by atoms with Gasteiger partial charge in [0.05, 0.1) is 11.9 Å². The first-order chi connectivity index (χ1) is 8.70. The van der Waals surface area contributed by atoms with E-state index in [4.69, 9.17) is 0 Å². The largest absolute Gasteiger partial charge is 0.367 e. The fraction of sp³-hybridized carbons (Fsp3) is 0.417. The van der Waals surface area contributed by atoms with Gasteiger partial charge in [-0.3, -0.25) is 4.68 Å². The molecule has 96 valence electrons. The predicted molar refractivity (Wildman–Crippen MR) is 66.8 cm³/mol. The van der Waals surface area contributed by atoms with Crippen molar-refractivity contribution in [3.8, 4) is 0 Å². The van der Waals surface area contributed by atoms with E-state index in [9.17, 15) is 4.39 Å². The van der Waals surface area contributed by atoms with E-state index in [2.05, 4.69) is 20.4 Å². The van der Waals surface area contributed by atoms with Gasteiger partial charge < -0.3 is 5.32 Å². The van der Waals surface area contributed by atoms with E-state index < -0.39 is 0 Å². The Morgan fingerprint density at radius 2 is 2.22 bits per heavy atom. The number of aromatic nitrogens is 4. The minimum absolute atomic E-state index is 0.269. The minimum Gasteiger partial charge on any atom is -0.367 e. The van der Waals surface area contributed by atoms with Gasteiger partial charge in [-0.1, -0.05) is 6.92 Å². The van der Waals surface area contributed by atoms with Crippen LogP contribution in [0.4, 0.5) is 10.2 Å². The minimum atomic E-state index is -0.355. The van der Waals surface area contributed by atoms with Crippen molar-refractivity contribution in [2.24, 2.45) is 7.05 Å². The molecule has 0 aliphatic carbocycles. The first-order valence-electron chi connectivity index (χ1n) is 5.91. The summed E-state index contributed by atoms with van der Waals surface area (Å²) in [6.45, 7) is 2.48. The second kappa shape index (κ2) is 5.57. The van der Waals surface area contributed by atoms with Crippen molar-refractivity contribution in [3.63, 3.8) is 0 Å². The van der Waals surface area contributed by atoms with Crippen LogP contribution in [0.2, 0.25) is 0 Å². The average Bonchev–Trinajstić information content (AvgIpc) is 2.77. The van der Waals surface area contributed by atoms with Crippen LogP contribution in [0.5, 0.6) is 0 Å². The molecular weight excluding hydrogens is 233 g/mol. The fourth-order valence-electron chi connectivity index (χ4n) is 1.70.